The summed E-state index contributed by atoms with van der Waals surface area (Å²) in [7, 11) is 0. The van der Waals surface area contributed by atoms with Crippen molar-refractivity contribution in [3.63, 3.8) is 0 Å². The molecule has 1 N–H and O–H groups in total. The van der Waals surface area contributed by atoms with Crippen molar-refractivity contribution in [2.24, 2.45) is 0 Å². The van der Waals surface area contributed by atoms with E-state index in [4.69, 9.17) is 39.9 Å². The van der Waals surface area contributed by atoms with Gasteiger partial charge in [-0.2, -0.15) is 0 Å². The Kier molecular flexibility index (Phi) is 3.81. The van der Waals surface area contributed by atoms with Gasteiger partial charge in [-0.1, -0.05) is 34.8 Å². The van der Waals surface area contributed by atoms with E-state index >= 15 is 0 Å². The van der Waals surface area contributed by atoms with Crippen LogP contribution in [0.3, 0.4) is 0 Å². The van der Waals surface area contributed by atoms with Gasteiger partial charge in [-0.15, -0.1) is 0 Å². The van der Waals surface area contributed by atoms with Crippen LogP contribution in [0.25, 0.3) is 5.03 Å². The van der Waals surface area contributed by atoms with Gasteiger partial charge in [-0.05, 0) is 18.2 Å². The van der Waals surface area contributed by atoms with Gasteiger partial charge in [0.2, 0.25) is 0 Å². The predicted molar refractivity (Wildman–Crippen MR) is 57.9 cm³/mol. The molecule has 0 aliphatic carbocycles. The van der Waals surface area contributed by atoms with Crippen LogP contribution >= 0.6 is 34.8 Å². The van der Waals surface area contributed by atoms with E-state index in [0.29, 0.717) is 15.6 Å². The largest absolute Gasteiger partial charge is 0.478 e. The second-order valence-corrected chi connectivity index (χ2v) is 3.71. The number of carboxylic acid groups (broad SMARTS) is 1. The molecule has 0 amide bonds. The number of hydrogen-bond donors (Lipinski definition) is 1. The summed E-state index contributed by atoms with van der Waals surface area (Å²) in [5, 5.41) is 9.32. The molecule has 0 radical (unpaired) electrons. The highest BCUT2D eigenvalue weighted by atomic mass is 35.5. The van der Waals surface area contributed by atoms with E-state index < -0.39 is 5.97 Å². The third-order valence-corrected chi connectivity index (χ3v) is 2.31. The molecule has 0 unspecified atom stereocenters. The molecule has 2 nitrogen and oxygen atoms in total. The topological polar surface area (TPSA) is 37.3 Å². The number of benzene rings is 1. The van der Waals surface area contributed by atoms with Crippen LogP contribution in [0.4, 0.5) is 0 Å². The van der Waals surface area contributed by atoms with Crippen molar-refractivity contribution in [2.75, 3.05) is 0 Å². The summed E-state index contributed by atoms with van der Waals surface area (Å²) < 4.78 is 0. The molecular formula is C9H5Cl3O2. The highest BCUT2D eigenvalue weighted by Crippen LogP contribution is 2.29. The Balaban J connectivity index is 3.18. The fraction of sp³-hybridized carbons (Fsp3) is 0. The van der Waals surface area contributed by atoms with Crippen LogP contribution < -0.4 is 0 Å². The van der Waals surface area contributed by atoms with Crippen LogP contribution in [0.5, 0.6) is 0 Å². The molecule has 0 heterocycles. The first-order valence-electron chi connectivity index (χ1n) is 3.56. The molecule has 1 rings (SSSR count). The smallest absolute Gasteiger partial charge is 0.329 e. The molecule has 0 aliphatic heterocycles. The van der Waals surface area contributed by atoms with Gasteiger partial charge in [0.25, 0.3) is 0 Å². The average molecular weight is 251 g/mol. The highest BCUT2D eigenvalue weighted by Gasteiger charge is 2.06. The summed E-state index contributed by atoms with van der Waals surface area (Å²) in [6, 6.07) is 4.65. The summed E-state index contributed by atoms with van der Waals surface area (Å²) in [4.78, 5) is 10.3. The zero-order valence-electron chi connectivity index (χ0n) is 6.80. The van der Waals surface area contributed by atoms with Crippen molar-refractivity contribution < 1.29 is 9.90 Å². The van der Waals surface area contributed by atoms with E-state index in [-0.39, 0.29) is 5.03 Å². The van der Waals surface area contributed by atoms with Crippen molar-refractivity contribution in [1.82, 2.24) is 0 Å². The molecule has 5 heteroatoms. The number of carboxylic acids is 1. The fourth-order valence-electron chi connectivity index (χ4n) is 0.867. The third kappa shape index (κ3) is 2.91. The Bertz CT molecular complexity index is 399. The number of hydrogen-bond acceptors (Lipinski definition) is 1. The average Bonchev–Trinajstić information content (AvgIpc) is 2.08. The Morgan fingerprint density at radius 2 is 2.00 bits per heavy atom. The Morgan fingerprint density at radius 1 is 1.36 bits per heavy atom. The molecule has 0 atom stereocenters. The van der Waals surface area contributed by atoms with Crippen LogP contribution in [0.1, 0.15) is 5.56 Å². The van der Waals surface area contributed by atoms with Crippen LogP contribution in [-0.4, -0.2) is 11.1 Å². The highest BCUT2D eigenvalue weighted by molar-refractivity contribution is 6.52. The van der Waals surface area contributed by atoms with Crippen molar-refractivity contribution in [3.05, 3.63) is 39.9 Å². The van der Waals surface area contributed by atoms with Crippen molar-refractivity contribution in [1.29, 1.82) is 0 Å². The molecule has 14 heavy (non-hydrogen) atoms. The van der Waals surface area contributed by atoms with Crippen LogP contribution in [0.15, 0.2) is 24.3 Å². The molecule has 74 valence electrons. The molecule has 0 saturated heterocycles. The first-order chi connectivity index (χ1) is 6.50. The zero-order chi connectivity index (χ0) is 10.7. The molecule has 0 aliphatic rings. The zero-order valence-corrected chi connectivity index (χ0v) is 9.07. The molecule has 1 aromatic carbocycles. The summed E-state index contributed by atoms with van der Waals surface area (Å²) >= 11 is 17.2. The second-order valence-electron chi connectivity index (χ2n) is 2.45. The van der Waals surface area contributed by atoms with Crippen LogP contribution in [0, 0.1) is 0 Å². The number of rotatable bonds is 2. The third-order valence-electron chi connectivity index (χ3n) is 1.44. The van der Waals surface area contributed by atoms with Gasteiger partial charge >= 0.3 is 5.97 Å². The first-order valence-corrected chi connectivity index (χ1v) is 4.69. The molecule has 1 aromatic rings. The van der Waals surface area contributed by atoms with E-state index in [1.807, 2.05) is 0 Å². The maximum Gasteiger partial charge on any atom is 0.329 e. The minimum atomic E-state index is -1.13. The van der Waals surface area contributed by atoms with E-state index in [2.05, 4.69) is 0 Å². The minimum Gasteiger partial charge on any atom is -0.478 e. The molecular weight excluding hydrogens is 246 g/mol. The predicted octanol–water partition coefficient (Wildman–Crippen LogP) is 3.66. The van der Waals surface area contributed by atoms with E-state index in [0.717, 1.165) is 6.08 Å². The number of halogens is 3. The van der Waals surface area contributed by atoms with E-state index in [9.17, 15) is 4.79 Å². The van der Waals surface area contributed by atoms with Crippen LogP contribution in [0.2, 0.25) is 10.0 Å². The van der Waals surface area contributed by atoms with Gasteiger partial charge in [-0.25, -0.2) is 4.79 Å². The summed E-state index contributed by atoms with van der Waals surface area (Å²) in [6.07, 6.45) is 0.860. The van der Waals surface area contributed by atoms with Gasteiger partial charge in [0.05, 0.1) is 5.03 Å². The number of aliphatic carboxylic acids is 1. The molecule has 0 fully saturated rings. The first kappa shape index (κ1) is 11.4. The Hall–Kier alpha value is -0.700. The van der Waals surface area contributed by atoms with E-state index in [1.165, 1.54) is 6.07 Å². The van der Waals surface area contributed by atoms with Gasteiger partial charge < -0.3 is 5.11 Å². The van der Waals surface area contributed by atoms with Crippen molar-refractivity contribution >= 4 is 45.8 Å². The van der Waals surface area contributed by atoms with Gasteiger partial charge in [0, 0.05) is 21.7 Å². The normalized spacial score (nSPS) is 11.5. The van der Waals surface area contributed by atoms with Crippen LogP contribution in [-0.2, 0) is 4.79 Å². The lowest BCUT2D eigenvalue weighted by molar-refractivity contribution is -0.131. The lowest BCUT2D eigenvalue weighted by Gasteiger charge is -2.02. The van der Waals surface area contributed by atoms with Crippen molar-refractivity contribution in [2.45, 2.75) is 0 Å². The lowest BCUT2D eigenvalue weighted by Crippen LogP contribution is -1.89. The Morgan fingerprint density at radius 3 is 2.57 bits per heavy atom. The van der Waals surface area contributed by atoms with Gasteiger partial charge in [0.15, 0.2) is 0 Å². The summed E-state index contributed by atoms with van der Waals surface area (Å²) in [6.45, 7) is 0. The SMILES string of the molecule is O=C(O)/C=C(/Cl)c1cc(Cl)ccc1Cl. The summed E-state index contributed by atoms with van der Waals surface area (Å²) in [5.74, 6) is -1.13. The lowest BCUT2D eigenvalue weighted by atomic mass is 10.2. The molecule has 0 aromatic heterocycles. The molecule has 0 spiro atoms. The second kappa shape index (κ2) is 4.69. The maximum atomic E-state index is 10.3. The standard InChI is InChI=1S/C9H5Cl3O2/c10-5-1-2-7(11)6(3-5)8(12)4-9(13)14/h1-4H,(H,13,14)/b8-4+. The molecule has 0 saturated carbocycles. The van der Waals surface area contributed by atoms with E-state index in [1.54, 1.807) is 12.1 Å². The quantitative estimate of drug-likeness (QED) is 0.815. The monoisotopic (exact) mass is 250 g/mol. The summed E-state index contributed by atoms with van der Waals surface area (Å²) in [5.41, 5.74) is 0.406. The number of carbonyl (C=O) groups is 1. The van der Waals surface area contributed by atoms with Gasteiger partial charge in [0.1, 0.15) is 0 Å². The molecule has 0 bridgehead atoms. The van der Waals surface area contributed by atoms with Gasteiger partial charge in [-0.3, -0.25) is 0 Å². The van der Waals surface area contributed by atoms with Crippen molar-refractivity contribution in [3.8, 4) is 0 Å². The maximum absolute atomic E-state index is 10.3. The fourth-order valence-corrected chi connectivity index (χ4v) is 1.56. The minimum absolute atomic E-state index is 0.0463. The Labute approximate surface area is 95.7 Å².